The van der Waals surface area contributed by atoms with E-state index in [4.69, 9.17) is 4.74 Å². The lowest BCUT2D eigenvalue weighted by Crippen LogP contribution is -2.44. The van der Waals surface area contributed by atoms with Crippen LogP contribution in [0.2, 0.25) is 0 Å². The van der Waals surface area contributed by atoms with Crippen LogP contribution in [-0.4, -0.2) is 54.0 Å². The summed E-state index contributed by atoms with van der Waals surface area (Å²) in [4.78, 5) is 8.61. The third-order valence-corrected chi connectivity index (χ3v) is 5.41. The Morgan fingerprint density at radius 2 is 2.17 bits per heavy atom. The zero-order valence-electron chi connectivity index (χ0n) is 17.2. The minimum Gasteiger partial charge on any atom is -0.396 e. The van der Waals surface area contributed by atoms with E-state index in [9.17, 15) is 5.11 Å². The molecular formula is C21H32IN5O2. The number of guanidine groups is 1. The predicted octanol–water partition coefficient (Wildman–Crippen LogP) is 2.31. The summed E-state index contributed by atoms with van der Waals surface area (Å²) in [5.41, 5.74) is 2.44. The maximum absolute atomic E-state index is 9.37. The Hall–Kier alpha value is -1.65. The molecule has 1 aromatic heterocycles. The van der Waals surface area contributed by atoms with E-state index < -0.39 is 0 Å². The lowest BCUT2D eigenvalue weighted by atomic mass is 9.84. The van der Waals surface area contributed by atoms with Crippen molar-refractivity contribution >= 4 is 29.9 Å². The highest BCUT2D eigenvalue weighted by atomic mass is 127. The number of aromatic nitrogens is 2. The fourth-order valence-electron chi connectivity index (χ4n) is 3.59. The molecule has 1 aromatic carbocycles. The van der Waals surface area contributed by atoms with E-state index in [1.165, 1.54) is 11.1 Å². The molecule has 1 saturated heterocycles. The second kappa shape index (κ2) is 11.5. The van der Waals surface area contributed by atoms with Crippen LogP contribution < -0.4 is 10.6 Å². The number of aliphatic imine (C=N–C) groups is 1. The van der Waals surface area contributed by atoms with Crippen LogP contribution in [0.4, 0.5) is 0 Å². The van der Waals surface area contributed by atoms with E-state index >= 15 is 0 Å². The van der Waals surface area contributed by atoms with Crippen molar-refractivity contribution < 1.29 is 9.84 Å². The van der Waals surface area contributed by atoms with E-state index in [1.807, 2.05) is 19.3 Å². The van der Waals surface area contributed by atoms with E-state index in [2.05, 4.69) is 49.4 Å². The molecule has 2 aromatic rings. The molecule has 0 amide bonds. The largest absolute Gasteiger partial charge is 0.396 e. The number of aliphatic hydroxyl groups excluding tert-OH is 1. The first-order valence-electron chi connectivity index (χ1n) is 9.83. The number of nitrogens with zero attached hydrogens (tertiary/aromatic N) is 3. The fraction of sp³-hybridized carbons (Fsp3) is 0.524. The molecule has 1 aliphatic heterocycles. The Labute approximate surface area is 190 Å². The lowest BCUT2D eigenvalue weighted by Gasteiger charge is -2.27. The molecule has 0 spiro atoms. The number of imidazole rings is 1. The summed E-state index contributed by atoms with van der Waals surface area (Å²) in [7, 11) is 1.78. The topological polar surface area (TPSA) is 83.7 Å². The van der Waals surface area contributed by atoms with Gasteiger partial charge in [-0.05, 0) is 30.9 Å². The van der Waals surface area contributed by atoms with Crippen LogP contribution in [0.3, 0.4) is 0 Å². The van der Waals surface area contributed by atoms with Gasteiger partial charge in [-0.15, -0.1) is 24.0 Å². The van der Waals surface area contributed by atoms with Gasteiger partial charge in [-0.2, -0.15) is 0 Å². The van der Waals surface area contributed by atoms with Gasteiger partial charge in [0.15, 0.2) is 5.96 Å². The molecular weight excluding hydrogens is 481 g/mol. The summed E-state index contributed by atoms with van der Waals surface area (Å²) in [5.74, 6) is 1.78. The predicted molar refractivity (Wildman–Crippen MR) is 126 cm³/mol. The van der Waals surface area contributed by atoms with E-state index in [-0.39, 0.29) is 36.0 Å². The number of hydrogen-bond acceptors (Lipinski definition) is 4. The molecule has 1 fully saturated rings. The first-order chi connectivity index (χ1) is 13.6. The number of aliphatic hydroxyl groups is 1. The quantitative estimate of drug-likeness (QED) is 0.287. The van der Waals surface area contributed by atoms with Gasteiger partial charge < -0.3 is 25.0 Å². The molecule has 0 saturated carbocycles. The molecule has 29 heavy (non-hydrogen) atoms. The monoisotopic (exact) mass is 513 g/mol. The zero-order chi connectivity index (χ0) is 19.8. The average molecular weight is 513 g/mol. The van der Waals surface area contributed by atoms with Crippen LogP contribution in [0.25, 0.3) is 0 Å². The third-order valence-electron chi connectivity index (χ3n) is 5.41. The van der Waals surface area contributed by atoms with Crippen molar-refractivity contribution in [2.45, 2.75) is 32.9 Å². The lowest BCUT2D eigenvalue weighted by molar-refractivity contribution is 0.127. The third kappa shape index (κ3) is 6.68. The van der Waals surface area contributed by atoms with Gasteiger partial charge in [0.05, 0.1) is 6.61 Å². The maximum Gasteiger partial charge on any atom is 0.191 e. The minimum absolute atomic E-state index is 0. The average Bonchev–Trinajstić information content (AvgIpc) is 3.32. The standard InChI is InChI=1S/C21H31N5O2.HI/c1-17-23-8-9-26(17)14-19-5-3-4-18(12-19)13-24-20(22-2)25-15-21(6-10-27)7-11-28-16-21;/h3-5,8-9,12,27H,6-7,10-11,13-16H2,1-2H3,(H2,22,24,25);1H. The van der Waals surface area contributed by atoms with E-state index in [0.717, 1.165) is 44.3 Å². The molecule has 8 heteroatoms. The molecule has 0 bridgehead atoms. The van der Waals surface area contributed by atoms with Crippen LogP contribution in [0.1, 0.15) is 29.8 Å². The molecule has 3 N–H and O–H groups in total. The molecule has 1 aliphatic rings. The minimum atomic E-state index is -0.00501. The summed E-state index contributed by atoms with van der Waals surface area (Å²) in [5, 5.41) is 16.2. The van der Waals surface area contributed by atoms with Gasteiger partial charge in [0.2, 0.25) is 0 Å². The smallest absolute Gasteiger partial charge is 0.191 e. The number of halogens is 1. The van der Waals surface area contributed by atoms with Gasteiger partial charge >= 0.3 is 0 Å². The van der Waals surface area contributed by atoms with Crippen molar-refractivity contribution in [2.24, 2.45) is 10.4 Å². The highest BCUT2D eigenvalue weighted by molar-refractivity contribution is 14.0. The van der Waals surface area contributed by atoms with Crippen molar-refractivity contribution in [3.05, 3.63) is 53.6 Å². The number of rotatable bonds is 8. The highest BCUT2D eigenvalue weighted by Gasteiger charge is 2.34. The van der Waals surface area contributed by atoms with Gasteiger partial charge in [-0.3, -0.25) is 4.99 Å². The van der Waals surface area contributed by atoms with Crippen LogP contribution in [0.5, 0.6) is 0 Å². The van der Waals surface area contributed by atoms with Crippen molar-refractivity contribution in [3.8, 4) is 0 Å². The van der Waals surface area contributed by atoms with Gasteiger partial charge in [0.1, 0.15) is 5.82 Å². The summed E-state index contributed by atoms with van der Waals surface area (Å²) in [6, 6.07) is 8.54. The van der Waals surface area contributed by atoms with E-state index in [1.54, 1.807) is 7.05 Å². The molecule has 0 aliphatic carbocycles. The molecule has 7 nitrogen and oxygen atoms in total. The molecule has 3 rings (SSSR count). The Morgan fingerprint density at radius 1 is 1.34 bits per heavy atom. The Balaban J connectivity index is 0.00000300. The SMILES string of the molecule is CN=C(NCc1cccc(Cn2ccnc2C)c1)NCC1(CCO)CCOC1.I. The maximum atomic E-state index is 9.37. The summed E-state index contributed by atoms with van der Waals surface area (Å²) < 4.78 is 7.69. The van der Waals surface area contributed by atoms with Crippen LogP contribution in [-0.2, 0) is 17.8 Å². The normalized spacial score (nSPS) is 19.1. The number of nitrogens with one attached hydrogen (secondary N) is 2. The number of benzene rings is 1. The zero-order valence-corrected chi connectivity index (χ0v) is 19.6. The Bertz CT molecular complexity index is 787. The first kappa shape index (κ1) is 23.6. The second-order valence-corrected chi connectivity index (χ2v) is 7.48. The second-order valence-electron chi connectivity index (χ2n) is 7.48. The summed E-state index contributed by atoms with van der Waals surface area (Å²) >= 11 is 0. The highest BCUT2D eigenvalue weighted by Crippen LogP contribution is 2.31. The van der Waals surface area contributed by atoms with Crippen molar-refractivity contribution in [1.82, 2.24) is 20.2 Å². The number of ether oxygens (including phenoxy) is 1. The molecule has 0 radical (unpaired) electrons. The van der Waals surface area contributed by atoms with Crippen molar-refractivity contribution in [2.75, 3.05) is 33.4 Å². The van der Waals surface area contributed by atoms with Crippen molar-refractivity contribution in [3.63, 3.8) is 0 Å². The molecule has 1 unspecified atom stereocenters. The molecule has 160 valence electrons. The number of aryl methyl sites for hydroxylation is 1. The van der Waals surface area contributed by atoms with Gasteiger partial charge in [-0.25, -0.2) is 4.98 Å². The van der Waals surface area contributed by atoms with E-state index in [0.29, 0.717) is 13.2 Å². The van der Waals surface area contributed by atoms with Crippen LogP contribution in [0.15, 0.2) is 41.7 Å². The summed E-state index contributed by atoms with van der Waals surface area (Å²) in [6.07, 6.45) is 5.54. The van der Waals surface area contributed by atoms with Gasteiger partial charge in [0, 0.05) is 57.7 Å². The number of hydrogen-bond donors (Lipinski definition) is 3. The molecule has 2 heterocycles. The van der Waals surface area contributed by atoms with Gasteiger partial charge in [0.25, 0.3) is 0 Å². The molecule has 1 atom stereocenters. The fourth-order valence-corrected chi connectivity index (χ4v) is 3.59. The van der Waals surface area contributed by atoms with Crippen LogP contribution in [0, 0.1) is 12.3 Å². The van der Waals surface area contributed by atoms with Gasteiger partial charge in [-0.1, -0.05) is 24.3 Å². The van der Waals surface area contributed by atoms with Crippen molar-refractivity contribution in [1.29, 1.82) is 0 Å². The Kier molecular flexibility index (Phi) is 9.38. The Morgan fingerprint density at radius 3 is 2.83 bits per heavy atom. The van der Waals surface area contributed by atoms with Crippen LogP contribution >= 0.6 is 24.0 Å². The summed E-state index contributed by atoms with van der Waals surface area (Å²) in [6.45, 7) is 5.90. The first-order valence-corrected chi connectivity index (χ1v) is 9.83.